The van der Waals surface area contributed by atoms with Gasteiger partial charge in [0, 0.05) is 11.8 Å². The molecule has 0 saturated carbocycles. The molecule has 1 unspecified atom stereocenters. The van der Waals surface area contributed by atoms with E-state index in [-0.39, 0.29) is 21.5 Å². The predicted molar refractivity (Wildman–Crippen MR) is 79.7 cm³/mol. The molecule has 0 spiro atoms. The molecule has 0 aliphatic heterocycles. The van der Waals surface area contributed by atoms with Crippen molar-refractivity contribution in [2.75, 3.05) is 5.32 Å². The average Bonchev–Trinajstić information content (AvgIpc) is 2.86. The summed E-state index contributed by atoms with van der Waals surface area (Å²) in [4.78, 5) is 11.9. The summed E-state index contributed by atoms with van der Waals surface area (Å²) in [6.45, 7) is 4.05. The highest BCUT2D eigenvalue weighted by molar-refractivity contribution is 7.17. The highest BCUT2D eigenvalue weighted by atomic mass is 35.5. The van der Waals surface area contributed by atoms with Crippen LogP contribution in [0.3, 0.4) is 0 Å². The molecule has 5 nitrogen and oxygen atoms in total. The lowest BCUT2D eigenvalue weighted by Crippen LogP contribution is -2.12. The van der Waals surface area contributed by atoms with Crippen molar-refractivity contribution in [3.8, 4) is 5.75 Å². The van der Waals surface area contributed by atoms with Gasteiger partial charge < -0.3 is 10.1 Å². The molecule has 0 aliphatic carbocycles. The second-order valence-corrected chi connectivity index (χ2v) is 5.74. The quantitative estimate of drug-likeness (QED) is 0.916. The van der Waals surface area contributed by atoms with Gasteiger partial charge in [-0.2, -0.15) is 0 Å². The molecule has 1 aromatic carbocycles. The van der Waals surface area contributed by atoms with Crippen LogP contribution in [0.4, 0.5) is 5.69 Å². The van der Waals surface area contributed by atoms with Crippen LogP contribution in [-0.2, 0) is 0 Å². The van der Waals surface area contributed by atoms with E-state index in [2.05, 4.69) is 22.4 Å². The number of halogens is 1. The summed E-state index contributed by atoms with van der Waals surface area (Å²) in [5.41, 5.74) is 0.641. The number of nitrogens with one attached hydrogen (secondary N) is 1. The van der Waals surface area contributed by atoms with Crippen molar-refractivity contribution in [3.05, 3.63) is 33.7 Å². The maximum Gasteiger partial charge on any atom is 0.286 e. The monoisotopic (exact) mass is 311 g/mol. The molecule has 1 amide bonds. The fourth-order valence-corrected chi connectivity index (χ4v) is 2.17. The molecule has 1 atom stereocenters. The smallest absolute Gasteiger partial charge is 0.286 e. The lowest BCUT2D eigenvalue weighted by molar-refractivity contribution is 0.102. The zero-order valence-electron chi connectivity index (χ0n) is 11.1. The Bertz CT molecular complexity index is 603. The van der Waals surface area contributed by atoms with E-state index in [1.807, 2.05) is 19.1 Å². The van der Waals surface area contributed by atoms with E-state index in [0.717, 1.165) is 17.8 Å². The molecular formula is C13H14ClN3O2S. The van der Waals surface area contributed by atoms with Gasteiger partial charge in [-0.25, -0.2) is 0 Å². The first-order chi connectivity index (χ1) is 9.58. The van der Waals surface area contributed by atoms with Crippen LogP contribution in [-0.4, -0.2) is 22.2 Å². The minimum absolute atomic E-state index is 0.128. The maximum atomic E-state index is 11.9. The number of carbonyl (C=O) groups is 1. The van der Waals surface area contributed by atoms with Gasteiger partial charge in [0.1, 0.15) is 5.75 Å². The van der Waals surface area contributed by atoms with Gasteiger partial charge >= 0.3 is 0 Å². The summed E-state index contributed by atoms with van der Waals surface area (Å²) in [5, 5.41) is 10.2. The third kappa shape index (κ3) is 3.91. The van der Waals surface area contributed by atoms with Crippen molar-refractivity contribution < 1.29 is 9.53 Å². The molecule has 0 bridgehead atoms. The van der Waals surface area contributed by atoms with Crippen LogP contribution in [0.2, 0.25) is 4.47 Å². The SMILES string of the molecule is CCC(C)Oc1cccc(NC(=O)c2nnc(Cl)s2)c1. The number of carbonyl (C=O) groups excluding carboxylic acids is 1. The lowest BCUT2D eigenvalue weighted by Gasteiger charge is -2.13. The fourth-order valence-electron chi connectivity index (χ4n) is 1.44. The van der Waals surface area contributed by atoms with E-state index in [4.69, 9.17) is 16.3 Å². The lowest BCUT2D eigenvalue weighted by atomic mass is 10.2. The number of rotatable bonds is 5. The molecular weight excluding hydrogens is 298 g/mol. The Balaban J connectivity index is 2.06. The number of anilines is 1. The third-order valence-corrected chi connectivity index (χ3v) is 3.62. The molecule has 0 radical (unpaired) electrons. The van der Waals surface area contributed by atoms with Crippen LogP contribution in [0.1, 0.15) is 30.1 Å². The third-order valence-electron chi connectivity index (χ3n) is 2.60. The van der Waals surface area contributed by atoms with Gasteiger partial charge in [0.05, 0.1) is 6.10 Å². The van der Waals surface area contributed by atoms with Gasteiger partial charge in [-0.1, -0.05) is 24.3 Å². The second-order valence-electron chi connectivity index (χ2n) is 4.18. The normalized spacial score (nSPS) is 11.9. The summed E-state index contributed by atoms with van der Waals surface area (Å²) in [6.07, 6.45) is 1.04. The van der Waals surface area contributed by atoms with E-state index in [9.17, 15) is 4.79 Å². The number of benzene rings is 1. The van der Waals surface area contributed by atoms with Crippen molar-refractivity contribution in [1.29, 1.82) is 0 Å². The largest absolute Gasteiger partial charge is 0.491 e. The molecule has 1 heterocycles. The van der Waals surface area contributed by atoms with E-state index < -0.39 is 0 Å². The Kier molecular flexibility index (Phi) is 4.92. The molecule has 1 aromatic heterocycles. The first kappa shape index (κ1) is 14.7. The summed E-state index contributed by atoms with van der Waals surface area (Å²) in [5.74, 6) is 0.377. The van der Waals surface area contributed by atoms with Gasteiger partial charge in [0.25, 0.3) is 5.91 Å². The van der Waals surface area contributed by atoms with Crippen LogP contribution in [0.25, 0.3) is 0 Å². The predicted octanol–water partition coefficient (Wildman–Crippen LogP) is 3.62. The summed E-state index contributed by atoms with van der Waals surface area (Å²) >= 11 is 6.68. The Morgan fingerprint density at radius 2 is 2.30 bits per heavy atom. The van der Waals surface area contributed by atoms with Crippen LogP contribution >= 0.6 is 22.9 Å². The number of hydrogen-bond acceptors (Lipinski definition) is 5. The molecule has 0 fully saturated rings. The molecule has 0 saturated heterocycles. The molecule has 2 aromatic rings. The van der Waals surface area contributed by atoms with Crippen molar-refractivity contribution in [2.45, 2.75) is 26.4 Å². The Morgan fingerprint density at radius 3 is 2.95 bits per heavy atom. The Morgan fingerprint density at radius 1 is 1.50 bits per heavy atom. The number of amides is 1. The minimum atomic E-state index is -0.338. The topological polar surface area (TPSA) is 64.1 Å². The Hall–Kier alpha value is -1.66. The molecule has 106 valence electrons. The molecule has 1 N–H and O–H groups in total. The summed E-state index contributed by atoms with van der Waals surface area (Å²) < 4.78 is 5.94. The minimum Gasteiger partial charge on any atom is -0.491 e. The van der Waals surface area contributed by atoms with Crippen molar-refractivity contribution in [1.82, 2.24) is 10.2 Å². The number of ether oxygens (including phenoxy) is 1. The van der Waals surface area contributed by atoms with E-state index in [1.54, 1.807) is 12.1 Å². The summed E-state index contributed by atoms with van der Waals surface area (Å²) in [7, 11) is 0. The molecule has 20 heavy (non-hydrogen) atoms. The first-order valence-electron chi connectivity index (χ1n) is 6.15. The highest BCUT2D eigenvalue weighted by Crippen LogP contribution is 2.21. The van der Waals surface area contributed by atoms with Crippen LogP contribution < -0.4 is 10.1 Å². The standard InChI is InChI=1S/C13H14ClN3O2S/c1-3-8(2)19-10-6-4-5-9(7-10)15-11(18)12-16-17-13(14)20-12/h4-8H,3H2,1-2H3,(H,15,18). The van der Waals surface area contributed by atoms with Crippen LogP contribution in [0.15, 0.2) is 24.3 Å². The van der Waals surface area contributed by atoms with Crippen molar-refractivity contribution in [2.24, 2.45) is 0 Å². The van der Waals surface area contributed by atoms with E-state index in [1.165, 1.54) is 0 Å². The fraction of sp³-hybridized carbons (Fsp3) is 0.308. The first-order valence-corrected chi connectivity index (χ1v) is 7.35. The average molecular weight is 312 g/mol. The second kappa shape index (κ2) is 6.67. The van der Waals surface area contributed by atoms with Gasteiger partial charge in [0.15, 0.2) is 0 Å². The molecule has 0 aliphatic rings. The zero-order chi connectivity index (χ0) is 14.5. The van der Waals surface area contributed by atoms with Crippen molar-refractivity contribution in [3.63, 3.8) is 0 Å². The van der Waals surface area contributed by atoms with Gasteiger partial charge in [-0.3, -0.25) is 4.79 Å². The number of nitrogens with zero attached hydrogens (tertiary/aromatic N) is 2. The molecule has 2 rings (SSSR count). The highest BCUT2D eigenvalue weighted by Gasteiger charge is 2.12. The Labute approximate surface area is 125 Å². The van der Waals surface area contributed by atoms with Crippen molar-refractivity contribution >= 4 is 34.5 Å². The van der Waals surface area contributed by atoms with Crippen LogP contribution in [0, 0.1) is 0 Å². The molecule has 7 heteroatoms. The van der Waals surface area contributed by atoms with Gasteiger partial charge in [-0.05, 0) is 37.1 Å². The summed E-state index contributed by atoms with van der Waals surface area (Å²) in [6, 6.07) is 7.22. The number of aromatic nitrogens is 2. The maximum absolute atomic E-state index is 11.9. The van der Waals surface area contributed by atoms with Gasteiger partial charge in [-0.15, -0.1) is 10.2 Å². The van der Waals surface area contributed by atoms with Crippen LogP contribution in [0.5, 0.6) is 5.75 Å². The van der Waals surface area contributed by atoms with Gasteiger partial charge in [0.2, 0.25) is 9.47 Å². The zero-order valence-corrected chi connectivity index (χ0v) is 12.7. The van der Waals surface area contributed by atoms with E-state index >= 15 is 0 Å². The van der Waals surface area contributed by atoms with E-state index in [0.29, 0.717) is 11.4 Å². The number of hydrogen-bond donors (Lipinski definition) is 1.